The van der Waals surface area contributed by atoms with Crippen molar-refractivity contribution in [2.75, 3.05) is 19.6 Å². The Balaban J connectivity index is 1.57. The van der Waals surface area contributed by atoms with Crippen LogP contribution in [0.15, 0.2) is 65.2 Å². The van der Waals surface area contributed by atoms with E-state index in [1.807, 2.05) is 25.1 Å². The van der Waals surface area contributed by atoms with Crippen molar-refractivity contribution in [1.82, 2.24) is 15.4 Å². The van der Waals surface area contributed by atoms with E-state index in [9.17, 15) is 4.79 Å². The normalized spacial score (nSPS) is 13.3. The fourth-order valence-corrected chi connectivity index (χ4v) is 5.67. The van der Waals surface area contributed by atoms with Crippen molar-refractivity contribution >= 4 is 5.91 Å². The van der Waals surface area contributed by atoms with E-state index in [0.717, 1.165) is 71.6 Å². The van der Waals surface area contributed by atoms with Gasteiger partial charge in [0.25, 0.3) is 5.91 Å². The third-order valence-electron chi connectivity index (χ3n) is 7.83. The number of nitrogens with zero attached hydrogens (tertiary/aromatic N) is 2. The number of aromatic nitrogens is 1. The summed E-state index contributed by atoms with van der Waals surface area (Å²) in [7, 11) is 0. The molecule has 214 valence electrons. The zero-order valence-corrected chi connectivity index (χ0v) is 24.9. The van der Waals surface area contributed by atoms with E-state index >= 15 is 0 Å². The number of carbonyl (C=O) groups is 1. The summed E-state index contributed by atoms with van der Waals surface area (Å²) in [5.41, 5.74) is 8.84. The topological polar surface area (TPSA) is 67.6 Å². The van der Waals surface area contributed by atoms with Gasteiger partial charge in [0.1, 0.15) is 12.4 Å². The molecule has 1 aromatic heterocycles. The maximum absolute atomic E-state index is 13.2. The van der Waals surface area contributed by atoms with Gasteiger partial charge in [-0.15, -0.1) is 0 Å². The van der Waals surface area contributed by atoms with Crippen molar-refractivity contribution in [2.24, 2.45) is 0 Å². The molecular formula is C35H41N3O3. The summed E-state index contributed by atoms with van der Waals surface area (Å²) in [6.45, 7) is 14.7. The molecule has 3 aromatic carbocycles. The lowest BCUT2D eigenvalue weighted by Gasteiger charge is -2.28. The van der Waals surface area contributed by atoms with Crippen LogP contribution >= 0.6 is 0 Å². The first-order chi connectivity index (χ1) is 19.9. The first-order valence-electron chi connectivity index (χ1n) is 14.8. The Bertz CT molecular complexity index is 1510. The summed E-state index contributed by atoms with van der Waals surface area (Å²) in [6, 6.07) is 21.0. The molecule has 0 fully saturated rings. The average molecular weight is 552 g/mol. The van der Waals surface area contributed by atoms with Crippen molar-refractivity contribution in [1.29, 1.82) is 0 Å². The Morgan fingerprint density at radius 1 is 1.07 bits per heavy atom. The lowest BCUT2D eigenvalue weighted by molar-refractivity contribution is 0.0947. The molecule has 0 spiro atoms. The lowest BCUT2D eigenvalue weighted by atomic mass is 9.90. The molecule has 0 atom stereocenters. The van der Waals surface area contributed by atoms with Crippen molar-refractivity contribution in [3.8, 4) is 28.2 Å². The van der Waals surface area contributed by atoms with Gasteiger partial charge < -0.3 is 14.6 Å². The molecule has 0 bridgehead atoms. The van der Waals surface area contributed by atoms with E-state index in [0.29, 0.717) is 24.6 Å². The number of carbonyl (C=O) groups excluding carboxylic acids is 1. The van der Waals surface area contributed by atoms with Crippen LogP contribution in [-0.4, -0.2) is 35.6 Å². The number of amides is 1. The van der Waals surface area contributed by atoms with E-state index in [4.69, 9.17) is 9.26 Å². The van der Waals surface area contributed by atoms with Gasteiger partial charge >= 0.3 is 0 Å². The molecule has 4 aromatic rings. The Morgan fingerprint density at radius 3 is 2.61 bits per heavy atom. The summed E-state index contributed by atoms with van der Waals surface area (Å²) < 4.78 is 12.3. The molecule has 1 aliphatic rings. The number of ether oxygens (including phenoxy) is 1. The van der Waals surface area contributed by atoms with E-state index in [1.54, 1.807) is 0 Å². The maximum Gasteiger partial charge on any atom is 0.274 e. The van der Waals surface area contributed by atoms with Gasteiger partial charge in [0.05, 0.1) is 5.56 Å². The average Bonchev–Trinajstić information content (AvgIpc) is 3.41. The SMILES string of the molecule is CCCN1CCc2cc(-c3c(C(=O)NCC)noc3-c3cc(C(C)C)c(OCc4ccccc4)cc3C)ccc2C1. The predicted octanol–water partition coefficient (Wildman–Crippen LogP) is 7.54. The number of aryl methyl sites for hydroxylation is 1. The fraction of sp³-hybridized carbons (Fsp3) is 0.371. The van der Waals surface area contributed by atoms with Crippen molar-refractivity contribution in [3.63, 3.8) is 0 Å². The lowest BCUT2D eigenvalue weighted by Crippen LogP contribution is -2.31. The third-order valence-corrected chi connectivity index (χ3v) is 7.83. The molecule has 41 heavy (non-hydrogen) atoms. The molecule has 0 saturated carbocycles. The van der Waals surface area contributed by atoms with E-state index < -0.39 is 0 Å². The molecule has 6 nitrogen and oxygen atoms in total. The molecule has 0 aliphatic carbocycles. The van der Waals surface area contributed by atoms with E-state index in [-0.39, 0.29) is 11.8 Å². The highest BCUT2D eigenvalue weighted by molar-refractivity contribution is 6.02. The van der Waals surface area contributed by atoms with Crippen LogP contribution in [0.2, 0.25) is 0 Å². The number of fused-ring (bicyclic) bond motifs is 1. The second-order valence-corrected chi connectivity index (χ2v) is 11.2. The Morgan fingerprint density at radius 2 is 1.88 bits per heavy atom. The molecule has 1 aliphatic heterocycles. The van der Waals surface area contributed by atoms with Crippen LogP contribution in [0.25, 0.3) is 22.5 Å². The van der Waals surface area contributed by atoms with Crippen LogP contribution in [0.4, 0.5) is 0 Å². The minimum absolute atomic E-state index is 0.226. The van der Waals surface area contributed by atoms with Gasteiger partial charge in [-0.25, -0.2) is 0 Å². The molecule has 5 rings (SSSR count). The number of rotatable bonds is 10. The van der Waals surface area contributed by atoms with Crippen LogP contribution in [0, 0.1) is 6.92 Å². The monoisotopic (exact) mass is 551 g/mol. The molecule has 6 heteroatoms. The Hall–Kier alpha value is -3.90. The maximum atomic E-state index is 13.2. The summed E-state index contributed by atoms with van der Waals surface area (Å²) in [5, 5.41) is 7.24. The van der Waals surface area contributed by atoms with Gasteiger partial charge in [-0.3, -0.25) is 9.69 Å². The summed E-state index contributed by atoms with van der Waals surface area (Å²) in [5.74, 6) is 1.47. The van der Waals surface area contributed by atoms with Crippen molar-refractivity contribution < 1.29 is 14.1 Å². The quantitative estimate of drug-likeness (QED) is 0.221. The largest absolute Gasteiger partial charge is 0.489 e. The van der Waals surface area contributed by atoms with Crippen LogP contribution in [0.1, 0.15) is 78.3 Å². The minimum Gasteiger partial charge on any atom is -0.489 e. The molecule has 0 unspecified atom stereocenters. The highest BCUT2D eigenvalue weighted by atomic mass is 16.5. The number of benzene rings is 3. The Kier molecular flexibility index (Phi) is 8.89. The van der Waals surface area contributed by atoms with Crippen molar-refractivity contribution in [2.45, 2.75) is 66.5 Å². The first kappa shape index (κ1) is 28.6. The number of nitrogens with one attached hydrogen (secondary N) is 1. The Labute approximate surface area is 243 Å². The summed E-state index contributed by atoms with van der Waals surface area (Å²) in [6.07, 6.45) is 2.14. The third kappa shape index (κ3) is 6.23. The molecule has 1 N–H and O–H groups in total. The standard InChI is InChI=1S/C35H41N3O3/c1-6-16-38-17-15-26-19-27(13-14-28(26)21-38)32-33(35(39)36-7-2)37-41-34(32)30-20-29(23(3)4)31(18-24(30)5)40-22-25-11-9-8-10-12-25/h8-14,18-20,23H,6-7,15-17,21-22H2,1-5H3,(H,36,39). The van der Waals surface area contributed by atoms with Gasteiger partial charge in [-0.2, -0.15) is 0 Å². The predicted molar refractivity (Wildman–Crippen MR) is 164 cm³/mol. The smallest absolute Gasteiger partial charge is 0.274 e. The van der Waals surface area contributed by atoms with Gasteiger partial charge in [0.2, 0.25) is 0 Å². The molecule has 0 saturated heterocycles. The number of hydrogen-bond donors (Lipinski definition) is 1. The van der Waals surface area contributed by atoms with Crippen molar-refractivity contribution in [3.05, 3.63) is 94.2 Å². The zero-order valence-electron chi connectivity index (χ0n) is 24.9. The van der Waals surface area contributed by atoms with Crippen LogP contribution in [-0.2, 0) is 19.6 Å². The molecular weight excluding hydrogens is 510 g/mol. The molecule has 0 radical (unpaired) electrons. The fourth-order valence-electron chi connectivity index (χ4n) is 5.67. The second kappa shape index (κ2) is 12.7. The van der Waals surface area contributed by atoms with Crippen LogP contribution in [0.3, 0.4) is 0 Å². The first-order valence-corrected chi connectivity index (χ1v) is 14.8. The van der Waals surface area contributed by atoms with Gasteiger partial charge in [-0.1, -0.05) is 74.5 Å². The second-order valence-electron chi connectivity index (χ2n) is 11.2. The number of hydrogen-bond acceptors (Lipinski definition) is 5. The molecule has 1 amide bonds. The van der Waals surface area contributed by atoms with E-state index in [2.05, 4.69) is 85.5 Å². The van der Waals surface area contributed by atoms with Gasteiger partial charge in [0, 0.05) is 25.2 Å². The molecule has 2 heterocycles. The summed E-state index contributed by atoms with van der Waals surface area (Å²) >= 11 is 0. The van der Waals surface area contributed by atoms with Gasteiger partial charge in [-0.05, 0) is 84.7 Å². The van der Waals surface area contributed by atoms with E-state index in [1.165, 1.54) is 11.1 Å². The summed E-state index contributed by atoms with van der Waals surface area (Å²) in [4.78, 5) is 15.7. The minimum atomic E-state index is -0.228. The zero-order chi connectivity index (χ0) is 28.9. The highest BCUT2D eigenvalue weighted by Crippen LogP contribution is 2.41. The van der Waals surface area contributed by atoms with Crippen LogP contribution < -0.4 is 10.1 Å². The highest BCUT2D eigenvalue weighted by Gasteiger charge is 2.27. The van der Waals surface area contributed by atoms with Crippen LogP contribution in [0.5, 0.6) is 5.75 Å². The van der Waals surface area contributed by atoms with Gasteiger partial charge in [0.15, 0.2) is 11.5 Å².